The molecular weight excluding hydrogens is 248 g/mol. The van der Waals surface area contributed by atoms with Crippen molar-refractivity contribution in [2.24, 2.45) is 5.92 Å². The average molecular weight is 282 g/mol. The smallest absolute Gasteiger partial charge is 0.0611 e. The fourth-order valence-electron chi connectivity index (χ4n) is 3.71. The number of nitrogens with zero attached hydrogens (tertiary/aromatic N) is 1. The van der Waals surface area contributed by atoms with E-state index in [9.17, 15) is 0 Å². The van der Waals surface area contributed by atoms with Gasteiger partial charge in [-0.15, -0.1) is 0 Å². The molecule has 2 heterocycles. The molecule has 118 valence electrons. The molecule has 2 rings (SSSR count). The van der Waals surface area contributed by atoms with Crippen molar-refractivity contribution in [3.63, 3.8) is 0 Å². The second-order valence-corrected chi connectivity index (χ2v) is 8.30. The normalized spacial score (nSPS) is 29.6. The number of rotatable bonds is 3. The van der Waals surface area contributed by atoms with Gasteiger partial charge in [0, 0.05) is 18.6 Å². The van der Waals surface area contributed by atoms with Gasteiger partial charge in [-0.3, -0.25) is 4.90 Å². The van der Waals surface area contributed by atoms with Crippen LogP contribution in [-0.4, -0.2) is 48.3 Å². The second kappa shape index (κ2) is 6.33. The first-order chi connectivity index (χ1) is 9.26. The van der Waals surface area contributed by atoms with E-state index in [0.717, 1.165) is 12.3 Å². The van der Waals surface area contributed by atoms with Crippen molar-refractivity contribution in [2.75, 3.05) is 26.2 Å². The zero-order valence-electron chi connectivity index (χ0n) is 14.2. The van der Waals surface area contributed by atoms with E-state index >= 15 is 0 Å². The van der Waals surface area contributed by atoms with Crippen molar-refractivity contribution in [3.8, 4) is 0 Å². The third-order valence-electron chi connectivity index (χ3n) is 4.76. The van der Waals surface area contributed by atoms with Gasteiger partial charge >= 0.3 is 0 Å². The minimum absolute atomic E-state index is 0.0159. The molecule has 1 N–H and O–H groups in total. The Morgan fingerprint density at radius 2 is 1.80 bits per heavy atom. The van der Waals surface area contributed by atoms with Gasteiger partial charge in [-0.1, -0.05) is 0 Å². The van der Waals surface area contributed by atoms with E-state index in [-0.39, 0.29) is 11.1 Å². The molecule has 0 aliphatic carbocycles. The molecule has 3 heteroatoms. The highest BCUT2D eigenvalue weighted by atomic mass is 16.5. The molecule has 0 saturated carbocycles. The fourth-order valence-corrected chi connectivity index (χ4v) is 3.71. The lowest BCUT2D eigenvalue weighted by molar-refractivity contribution is -0.110. The number of piperidine rings is 2. The highest BCUT2D eigenvalue weighted by molar-refractivity contribution is 4.92. The van der Waals surface area contributed by atoms with Crippen LogP contribution in [0.25, 0.3) is 0 Å². The lowest BCUT2D eigenvalue weighted by Crippen LogP contribution is -2.54. The summed E-state index contributed by atoms with van der Waals surface area (Å²) < 4.78 is 6.22. The molecular formula is C17H34N2O. The highest BCUT2D eigenvalue weighted by Crippen LogP contribution is 2.32. The van der Waals surface area contributed by atoms with Gasteiger partial charge in [0.1, 0.15) is 0 Å². The number of nitrogens with one attached hydrogen (secondary N) is 1. The summed E-state index contributed by atoms with van der Waals surface area (Å²) in [4.78, 5) is 2.71. The predicted molar refractivity (Wildman–Crippen MR) is 85.1 cm³/mol. The van der Waals surface area contributed by atoms with Crippen LogP contribution >= 0.6 is 0 Å². The van der Waals surface area contributed by atoms with Crippen molar-refractivity contribution in [3.05, 3.63) is 0 Å². The summed E-state index contributed by atoms with van der Waals surface area (Å²) in [5, 5.41) is 3.47. The molecule has 0 amide bonds. The molecule has 3 nitrogen and oxygen atoms in total. The van der Waals surface area contributed by atoms with Crippen molar-refractivity contribution >= 4 is 0 Å². The minimum Gasteiger partial charge on any atom is -0.373 e. The Bertz CT molecular complexity index is 303. The molecule has 2 aliphatic heterocycles. The van der Waals surface area contributed by atoms with E-state index < -0.39 is 0 Å². The van der Waals surface area contributed by atoms with Crippen molar-refractivity contribution in [1.29, 1.82) is 0 Å². The molecule has 2 fully saturated rings. The Kier molecular flexibility index (Phi) is 5.14. The first kappa shape index (κ1) is 16.3. The van der Waals surface area contributed by atoms with Crippen LogP contribution in [0, 0.1) is 5.92 Å². The second-order valence-electron chi connectivity index (χ2n) is 8.30. The maximum atomic E-state index is 6.22. The number of likely N-dealkylation sites (tertiary alicyclic amines) is 1. The molecule has 1 atom stereocenters. The van der Waals surface area contributed by atoms with Gasteiger partial charge < -0.3 is 10.1 Å². The third kappa shape index (κ3) is 4.71. The van der Waals surface area contributed by atoms with E-state index in [1.165, 1.54) is 45.4 Å². The fraction of sp³-hybridized carbons (Fsp3) is 1.00. The van der Waals surface area contributed by atoms with Crippen LogP contribution in [0.1, 0.15) is 60.3 Å². The first-order valence-electron chi connectivity index (χ1n) is 8.40. The molecule has 0 radical (unpaired) electrons. The third-order valence-corrected chi connectivity index (χ3v) is 4.76. The van der Waals surface area contributed by atoms with Crippen LogP contribution in [0.4, 0.5) is 0 Å². The quantitative estimate of drug-likeness (QED) is 0.861. The summed E-state index contributed by atoms with van der Waals surface area (Å²) in [5.41, 5.74) is 0.261. The Hall–Kier alpha value is -0.120. The summed E-state index contributed by atoms with van der Waals surface area (Å²) in [6.45, 7) is 16.2. The molecule has 20 heavy (non-hydrogen) atoms. The van der Waals surface area contributed by atoms with Crippen molar-refractivity contribution < 1.29 is 4.74 Å². The summed E-state index contributed by atoms with van der Waals surface area (Å²) >= 11 is 0. The van der Waals surface area contributed by atoms with Crippen LogP contribution in [0.2, 0.25) is 0 Å². The van der Waals surface area contributed by atoms with E-state index in [1.54, 1.807) is 0 Å². The SMILES string of the molecule is CC(C)(C)OC1CCN(CC2CCNCC2)C(C)(C)C1. The van der Waals surface area contributed by atoms with Gasteiger partial charge in [-0.25, -0.2) is 0 Å². The largest absolute Gasteiger partial charge is 0.373 e. The van der Waals surface area contributed by atoms with Gasteiger partial charge in [0.05, 0.1) is 11.7 Å². The lowest BCUT2D eigenvalue weighted by atomic mass is 9.86. The number of hydrogen-bond acceptors (Lipinski definition) is 3. The van der Waals surface area contributed by atoms with Crippen LogP contribution in [-0.2, 0) is 4.74 Å². The zero-order valence-corrected chi connectivity index (χ0v) is 14.2. The molecule has 0 bridgehead atoms. The summed E-state index contributed by atoms with van der Waals surface area (Å²) in [7, 11) is 0. The van der Waals surface area contributed by atoms with Gasteiger partial charge in [0.2, 0.25) is 0 Å². The molecule has 0 aromatic heterocycles. The Morgan fingerprint density at radius 3 is 2.35 bits per heavy atom. The molecule has 2 aliphatic rings. The highest BCUT2D eigenvalue weighted by Gasteiger charge is 2.37. The van der Waals surface area contributed by atoms with Crippen molar-refractivity contribution in [1.82, 2.24) is 10.2 Å². The Balaban J connectivity index is 1.87. The molecule has 0 spiro atoms. The predicted octanol–water partition coefficient (Wildman–Crippen LogP) is 3.04. The first-order valence-corrected chi connectivity index (χ1v) is 8.40. The summed E-state index contributed by atoms with van der Waals surface area (Å²) in [6, 6.07) is 0. The van der Waals surface area contributed by atoms with E-state index in [4.69, 9.17) is 4.74 Å². The molecule has 0 aromatic carbocycles. The number of hydrogen-bond donors (Lipinski definition) is 1. The topological polar surface area (TPSA) is 24.5 Å². The van der Waals surface area contributed by atoms with Crippen molar-refractivity contribution in [2.45, 2.75) is 77.5 Å². The Labute approximate surface area is 125 Å². The van der Waals surface area contributed by atoms with E-state index in [2.05, 4.69) is 44.8 Å². The minimum atomic E-state index is -0.0159. The molecule has 0 aromatic rings. The standard InChI is InChI=1S/C17H34N2O/c1-16(2,3)20-15-8-11-19(17(4,5)12-15)13-14-6-9-18-10-7-14/h14-15,18H,6-13H2,1-5H3. The molecule has 1 unspecified atom stereocenters. The van der Waals surface area contributed by atoms with Crippen LogP contribution in [0.5, 0.6) is 0 Å². The monoisotopic (exact) mass is 282 g/mol. The average Bonchev–Trinajstić information content (AvgIpc) is 2.31. The van der Waals surface area contributed by atoms with Crippen LogP contribution in [0.15, 0.2) is 0 Å². The summed E-state index contributed by atoms with van der Waals surface area (Å²) in [5.74, 6) is 0.885. The molecule has 2 saturated heterocycles. The van der Waals surface area contributed by atoms with Gasteiger partial charge in [-0.05, 0) is 79.3 Å². The van der Waals surface area contributed by atoms with Gasteiger partial charge in [0.25, 0.3) is 0 Å². The van der Waals surface area contributed by atoms with E-state index in [1.807, 2.05) is 0 Å². The Morgan fingerprint density at radius 1 is 1.15 bits per heavy atom. The summed E-state index contributed by atoms with van der Waals surface area (Å²) in [6.07, 6.45) is 5.46. The maximum absolute atomic E-state index is 6.22. The lowest BCUT2D eigenvalue weighted by Gasteiger charge is -2.48. The number of ether oxygens (including phenoxy) is 1. The van der Waals surface area contributed by atoms with Gasteiger partial charge in [0.15, 0.2) is 0 Å². The van der Waals surface area contributed by atoms with E-state index in [0.29, 0.717) is 6.10 Å². The maximum Gasteiger partial charge on any atom is 0.0611 e. The van der Waals surface area contributed by atoms with Crippen LogP contribution < -0.4 is 5.32 Å². The zero-order chi connectivity index (χ0) is 14.8. The van der Waals surface area contributed by atoms with Crippen LogP contribution in [0.3, 0.4) is 0 Å². The van der Waals surface area contributed by atoms with Gasteiger partial charge in [-0.2, -0.15) is 0 Å².